The normalized spacial score (nSPS) is 23.6. The Bertz CT molecular complexity index is 367. The van der Waals surface area contributed by atoms with Crippen molar-refractivity contribution >= 4 is 11.5 Å². The summed E-state index contributed by atoms with van der Waals surface area (Å²) in [5.74, 6) is 1.77. The van der Waals surface area contributed by atoms with Crippen LogP contribution < -0.4 is 10.2 Å². The molecule has 1 atom stereocenters. The summed E-state index contributed by atoms with van der Waals surface area (Å²) in [7, 11) is 0. The van der Waals surface area contributed by atoms with Crippen LogP contribution in [0, 0.1) is 5.92 Å². The van der Waals surface area contributed by atoms with Crippen molar-refractivity contribution in [3.8, 4) is 0 Å². The minimum absolute atomic E-state index is 0.656. The van der Waals surface area contributed by atoms with E-state index in [4.69, 9.17) is 4.74 Å². The molecule has 1 aromatic rings. The summed E-state index contributed by atoms with van der Waals surface area (Å²) >= 11 is 0. The average Bonchev–Trinajstić information content (AvgIpc) is 3.10. The number of hydrogen-bond acceptors (Lipinski definition) is 4. The third kappa shape index (κ3) is 2.75. The van der Waals surface area contributed by atoms with Crippen molar-refractivity contribution in [1.29, 1.82) is 0 Å². The molecule has 3 rings (SSSR count). The molecule has 3 heterocycles. The van der Waals surface area contributed by atoms with Crippen LogP contribution in [0.3, 0.4) is 0 Å². The first kappa shape index (κ1) is 11.8. The Hall–Kier alpha value is -1.29. The molecule has 1 unspecified atom stereocenters. The molecule has 98 valence electrons. The van der Waals surface area contributed by atoms with E-state index < -0.39 is 0 Å². The molecule has 18 heavy (non-hydrogen) atoms. The Morgan fingerprint density at radius 2 is 2.22 bits per heavy atom. The van der Waals surface area contributed by atoms with E-state index in [1.54, 1.807) is 0 Å². The van der Waals surface area contributed by atoms with Gasteiger partial charge >= 0.3 is 0 Å². The molecule has 0 aliphatic carbocycles. The number of anilines is 2. The Morgan fingerprint density at radius 3 is 2.89 bits per heavy atom. The van der Waals surface area contributed by atoms with Gasteiger partial charge in [-0.15, -0.1) is 0 Å². The molecule has 2 aliphatic heterocycles. The number of nitrogens with one attached hydrogen (secondary N) is 1. The molecule has 2 saturated heterocycles. The number of aromatic nitrogens is 1. The van der Waals surface area contributed by atoms with E-state index in [2.05, 4.69) is 27.3 Å². The third-order valence-electron chi connectivity index (χ3n) is 3.80. The maximum absolute atomic E-state index is 5.37. The second-order valence-corrected chi connectivity index (χ2v) is 5.21. The lowest BCUT2D eigenvalue weighted by Gasteiger charge is -2.17. The van der Waals surface area contributed by atoms with E-state index in [1.807, 2.05) is 6.20 Å². The Labute approximate surface area is 108 Å². The third-order valence-corrected chi connectivity index (χ3v) is 3.80. The molecule has 0 amide bonds. The number of hydrogen-bond donors (Lipinski definition) is 1. The van der Waals surface area contributed by atoms with Gasteiger partial charge in [0.1, 0.15) is 5.82 Å². The van der Waals surface area contributed by atoms with Crippen molar-refractivity contribution in [1.82, 2.24) is 4.98 Å². The summed E-state index contributed by atoms with van der Waals surface area (Å²) in [5, 5.41) is 3.44. The van der Waals surface area contributed by atoms with Gasteiger partial charge in [-0.3, -0.25) is 0 Å². The van der Waals surface area contributed by atoms with Crippen LogP contribution in [0.2, 0.25) is 0 Å². The average molecular weight is 247 g/mol. The molecular weight excluding hydrogens is 226 g/mol. The lowest BCUT2D eigenvalue weighted by Crippen LogP contribution is -2.19. The largest absolute Gasteiger partial charge is 0.383 e. The highest BCUT2D eigenvalue weighted by atomic mass is 16.5. The van der Waals surface area contributed by atoms with Crippen LogP contribution in [-0.2, 0) is 4.74 Å². The Balaban J connectivity index is 1.53. The van der Waals surface area contributed by atoms with Gasteiger partial charge in [0.25, 0.3) is 0 Å². The minimum atomic E-state index is 0.656. The van der Waals surface area contributed by atoms with Crippen LogP contribution in [0.25, 0.3) is 0 Å². The van der Waals surface area contributed by atoms with Crippen LogP contribution in [0.4, 0.5) is 11.5 Å². The number of ether oxygens (including phenoxy) is 1. The van der Waals surface area contributed by atoms with E-state index in [-0.39, 0.29) is 0 Å². The maximum Gasteiger partial charge on any atom is 0.128 e. The number of nitrogens with zero attached hydrogens (tertiary/aromatic N) is 2. The van der Waals surface area contributed by atoms with Gasteiger partial charge in [0.2, 0.25) is 0 Å². The van der Waals surface area contributed by atoms with E-state index in [9.17, 15) is 0 Å². The zero-order valence-corrected chi connectivity index (χ0v) is 10.8. The van der Waals surface area contributed by atoms with E-state index in [0.717, 1.165) is 44.4 Å². The van der Waals surface area contributed by atoms with Gasteiger partial charge < -0.3 is 15.0 Å². The van der Waals surface area contributed by atoms with Gasteiger partial charge in [-0.05, 0) is 31.4 Å². The predicted molar refractivity (Wildman–Crippen MR) is 73.1 cm³/mol. The Kier molecular flexibility index (Phi) is 3.64. The van der Waals surface area contributed by atoms with Gasteiger partial charge in [-0.25, -0.2) is 4.98 Å². The van der Waals surface area contributed by atoms with Crippen molar-refractivity contribution in [3.05, 3.63) is 18.3 Å². The summed E-state index contributed by atoms with van der Waals surface area (Å²) < 4.78 is 5.37. The van der Waals surface area contributed by atoms with Gasteiger partial charge in [0.15, 0.2) is 0 Å². The molecular formula is C14H21N3O. The standard InChI is InChI=1S/C14H21N3O/c1-2-7-17(6-1)14-4-3-13(10-16-14)15-9-12-5-8-18-11-12/h3-4,10,12,15H,1-2,5-9,11H2. The van der Waals surface area contributed by atoms with Crippen LogP contribution in [0.5, 0.6) is 0 Å². The number of pyridine rings is 1. The zero-order valence-electron chi connectivity index (χ0n) is 10.8. The van der Waals surface area contributed by atoms with Gasteiger partial charge in [0, 0.05) is 32.2 Å². The van der Waals surface area contributed by atoms with E-state index in [0.29, 0.717) is 5.92 Å². The summed E-state index contributed by atoms with van der Waals surface area (Å²) in [5.41, 5.74) is 1.12. The highest BCUT2D eigenvalue weighted by molar-refractivity contribution is 5.49. The van der Waals surface area contributed by atoms with Crippen LogP contribution in [-0.4, -0.2) is 37.8 Å². The molecule has 0 bridgehead atoms. The second-order valence-electron chi connectivity index (χ2n) is 5.21. The van der Waals surface area contributed by atoms with Crippen molar-refractivity contribution in [2.24, 2.45) is 5.92 Å². The summed E-state index contributed by atoms with van der Waals surface area (Å²) in [6, 6.07) is 4.26. The fraction of sp³-hybridized carbons (Fsp3) is 0.643. The first-order valence-electron chi connectivity index (χ1n) is 6.94. The monoisotopic (exact) mass is 247 g/mol. The van der Waals surface area contributed by atoms with Crippen molar-refractivity contribution in [3.63, 3.8) is 0 Å². The van der Waals surface area contributed by atoms with Gasteiger partial charge in [-0.2, -0.15) is 0 Å². The summed E-state index contributed by atoms with van der Waals surface area (Å²) in [4.78, 5) is 6.89. The predicted octanol–water partition coefficient (Wildman–Crippen LogP) is 2.13. The SMILES string of the molecule is c1cc(N2CCCC2)ncc1NCC1CCOC1. The number of rotatable bonds is 4. The molecule has 0 aromatic carbocycles. The fourth-order valence-electron chi connectivity index (χ4n) is 2.63. The second kappa shape index (κ2) is 5.57. The van der Waals surface area contributed by atoms with Crippen molar-refractivity contribution in [2.45, 2.75) is 19.3 Å². The zero-order chi connectivity index (χ0) is 12.2. The molecule has 2 fully saturated rings. The first-order chi connectivity index (χ1) is 8.92. The molecule has 1 N–H and O–H groups in total. The van der Waals surface area contributed by atoms with Crippen LogP contribution in [0.1, 0.15) is 19.3 Å². The molecule has 0 spiro atoms. The van der Waals surface area contributed by atoms with Crippen LogP contribution in [0.15, 0.2) is 18.3 Å². The highest BCUT2D eigenvalue weighted by Gasteiger charge is 2.15. The van der Waals surface area contributed by atoms with Crippen molar-refractivity contribution < 1.29 is 4.74 Å². The lowest BCUT2D eigenvalue weighted by atomic mass is 10.1. The topological polar surface area (TPSA) is 37.4 Å². The molecule has 2 aliphatic rings. The molecule has 4 heteroatoms. The van der Waals surface area contributed by atoms with E-state index >= 15 is 0 Å². The summed E-state index contributed by atoms with van der Waals surface area (Å²) in [6.45, 7) is 5.11. The first-order valence-corrected chi connectivity index (χ1v) is 6.94. The maximum atomic E-state index is 5.37. The quantitative estimate of drug-likeness (QED) is 0.884. The molecule has 0 radical (unpaired) electrons. The van der Waals surface area contributed by atoms with Gasteiger partial charge in [-0.1, -0.05) is 0 Å². The minimum Gasteiger partial charge on any atom is -0.383 e. The highest BCUT2D eigenvalue weighted by Crippen LogP contribution is 2.19. The lowest BCUT2D eigenvalue weighted by molar-refractivity contribution is 0.187. The van der Waals surface area contributed by atoms with Crippen LogP contribution >= 0.6 is 0 Å². The smallest absolute Gasteiger partial charge is 0.128 e. The Morgan fingerprint density at radius 1 is 1.33 bits per heavy atom. The fourth-order valence-corrected chi connectivity index (χ4v) is 2.63. The van der Waals surface area contributed by atoms with Gasteiger partial charge in [0.05, 0.1) is 18.5 Å². The molecule has 1 aromatic heterocycles. The molecule has 0 saturated carbocycles. The van der Waals surface area contributed by atoms with E-state index in [1.165, 1.54) is 19.3 Å². The summed E-state index contributed by atoms with van der Waals surface area (Å²) in [6.07, 6.45) is 5.71. The molecule has 4 nitrogen and oxygen atoms in total. The van der Waals surface area contributed by atoms with Crippen molar-refractivity contribution in [2.75, 3.05) is 43.1 Å².